The monoisotopic (exact) mass is 400 g/mol. The van der Waals surface area contributed by atoms with Crippen LogP contribution in [0.2, 0.25) is 0 Å². The number of hydrogen-bond acceptors (Lipinski definition) is 3. The van der Waals surface area contributed by atoms with Crippen LogP contribution in [0.4, 0.5) is 0 Å². The molecule has 0 aliphatic rings. The van der Waals surface area contributed by atoms with Crippen molar-refractivity contribution in [1.29, 1.82) is 0 Å². The van der Waals surface area contributed by atoms with Crippen LogP contribution in [0.1, 0.15) is 10.4 Å². The second kappa shape index (κ2) is 6.28. The zero-order valence-electron chi connectivity index (χ0n) is 10.4. The van der Waals surface area contributed by atoms with Crippen LogP contribution in [0.15, 0.2) is 45.3 Å². The fraction of sp³-hybridized carbons (Fsp3) is 0.0714. The first-order valence-electron chi connectivity index (χ1n) is 5.55. The molecule has 1 N–H and O–H groups in total. The smallest absolute Gasteiger partial charge is 0.335 e. The van der Waals surface area contributed by atoms with Gasteiger partial charge in [0.25, 0.3) is 0 Å². The van der Waals surface area contributed by atoms with Crippen molar-refractivity contribution in [2.24, 2.45) is 0 Å². The summed E-state index contributed by atoms with van der Waals surface area (Å²) in [5.41, 5.74) is 0.152. The van der Waals surface area contributed by atoms with E-state index in [0.29, 0.717) is 26.2 Å². The molecule has 2 rings (SSSR count). The van der Waals surface area contributed by atoms with Gasteiger partial charge in [0, 0.05) is 4.47 Å². The summed E-state index contributed by atoms with van der Waals surface area (Å²) >= 11 is 6.64. The minimum absolute atomic E-state index is 0.152. The summed E-state index contributed by atoms with van der Waals surface area (Å²) in [6.45, 7) is 0. The van der Waals surface area contributed by atoms with Crippen LogP contribution in [-0.4, -0.2) is 18.2 Å². The molecule has 0 atom stereocenters. The van der Waals surface area contributed by atoms with Crippen molar-refractivity contribution in [1.82, 2.24) is 0 Å². The molecule has 2 aromatic rings. The molecule has 0 aliphatic carbocycles. The van der Waals surface area contributed by atoms with Crippen LogP contribution in [0.3, 0.4) is 0 Å². The quantitative estimate of drug-likeness (QED) is 0.805. The number of methoxy groups -OCH3 is 1. The van der Waals surface area contributed by atoms with Crippen molar-refractivity contribution < 1.29 is 19.4 Å². The van der Waals surface area contributed by atoms with E-state index in [-0.39, 0.29) is 5.56 Å². The molecule has 2 aromatic carbocycles. The van der Waals surface area contributed by atoms with Crippen LogP contribution in [-0.2, 0) is 0 Å². The normalized spacial score (nSPS) is 10.2. The fourth-order valence-electron chi connectivity index (χ4n) is 1.56. The average Bonchev–Trinajstić information content (AvgIpc) is 2.40. The predicted molar refractivity (Wildman–Crippen MR) is 81.9 cm³/mol. The Labute approximate surface area is 132 Å². The molecule has 0 bridgehead atoms. The molecule has 0 saturated heterocycles. The number of carbonyl (C=O) groups is 1. The van der Waals surface area contributed by atoms with Gasteiger partial charge in [-0.25, -0.2) is 4.79 Å². The topological polar surface area (TPSA) is 55.8 Å². The van der Waals surface area contributed by atoms with Gasteiger partial charge >= 0.3 is 5.97 Å². The van der Waals surface area contributed by atoms with Gasteiger partial charge in [-0.05, 0) is 52.3 Å². The Morgan fingerprint density at radius 2 is 1.85 bits per heavy atom. The SMILES string of the molecule is COc1ccc(Oc2cc(Br)cc(C(=O)O)c2)c(Br)c1. The summed E-state index contributed by atoms with van der Waals surface area (Å²) in [6, 6.07) is 9.94. The molecule has 0 aliphatic heterocycles. The molecule has 20 heavy (non-hydrogen) atoms. The van der Waals surface area contributed by atoms with Gasteiger partial charge in [-0.15, -0.1) is 0 Å². The van der Waals surface area contributed by atoms with Crippen LogP contribution < -0.4 is 9.47 Å². The highest BCUT2D eigenvalue weighted by Crippen LogP contribution is 2.34. The average molecular weight is 402 g/mol. The molecule has 6 heteroatoms. The molecule has 0 radical (unpaired) electrons. The van der Waals surface area contributed by atoms with Gasteiger partial charge in [0.1, 0.15) is 17.2 Å². The van der Waals surface area contributed by atoms with Crippen molar-refractivity contribution in [2.45, 2.75) is 0 Å². The largest absolute Gasteiger partial charge is 0.497 e. The number of carboxylic acids is 1. The summed E-state index contributed by atoms with van der Waals surface area (Å²) in [4.78, 5) is 11.0. The summed E-state index contributed by atoms with van der Waals surface area (Å²) in [5, 5.41) is 9.02. The van der Waals surface area contributed by atoms with Crippen molar-refractivity contribution in [3.8, 4) is 17.2 Å². The number of ether oxygens (including phenoxy) is 2. The first-order chi connectivity index (χ1) is 9.49. The molecule has 0 aromatic heterocycles. The van der Waals surface area contributed by atoms with E-state index in [1.807, 2.05) is 0 Å². The number of benzene rings is 2. The van der Waals surface area contributed by atoms with E-state index in [9.17, 15) is 4.79 Å². The molecule has 0 fully saturated rings. The van der Waals surface area contributed by atoms with Gasteiger partial charge in [0.2, 0.25) is 0 Å². The van der Waals surface area contributed by atoms with Gasteiger partial charge in [-0.1, -0.05) is 15.9 Å². The Kier molecular flexibility index (Phi) is 4.67. The Morgan fingerprint density at radius 1 is 1.10 bits per heavy atom. The zero-order valence-corrected chi connectivity index (χ0v) is 13.6. The highest BCUT2D eigenvalue weighted by Gasteiger charge is 2.09. The van der Waals surface area contributed by atoms with Gasteiger partial charge in [-0.2, -0.15) is 0 Å². The third-order valence-electron chi connectivity index (χ3n) is 2.49. The van der Waals surface area contributed by atoms with Gasteiger partial charge < -0.3 is 14.6 Å². The standard InChI is InChI=1S/C14H10Br2O4/c1-19-10-2-3-13(12(16)7-10)20-11-5-8(14(17)18)4-9(15)6-11/h2-7H,1H3,(H,17,18). The molecule has 0 heterocycles. The first kappa shape index (κ1) is 14.9. The Balaban J connectivity index is 2.32. The molecule has 0 amide bonds. The highest BCUT2D eigenvalue weighted by molar-refractivity contribution is 9.10. The first-order valence-corrected chi connectivity index (χ1v) is 7.13. The maximum Gasteiger partial charge on any atom is 0.335 e. The minimum atomic E-state index is -1.01. The van der Waals surface area contributed by atoms with Crippen LogP contribution in [0, 0.1) is 0 Å². The Hall–Kier alpha value is -1.53. The number of rotatable bonds is 4. The van der Waals surface area contributed by atoms with E-state index >= 15 is 0 Å². The van der Waals surface area contributed by atoms with E-state index in [4.69, 9.17) is 14.6 Å². The highest BCUT2D eigenvalue weighted by atomic mass is 79.9. The van der Waals surface area contributed by atoms with Crippen LogP contribution >= 0.6 is 31.9 Å². The van der Waals surface area contributed by atoms with E-state index in [1.165, 1.54) is 12.1 Å². The number of hydrogen-bond donors (Lipinski definition) is 1. The minimum Gasteiger partial charge on any atom is -0.497 e. The van der Waals surface area contributed by atoms with Gasteiger partial charge in [0.05, 0.1) is 17.1 Å². The van der Waals surface area contributed by atoms with Gasteiger partial charge in [-0.3, -0.25) is 0 Å². The second-order valence-corrected chi connectivity index (χ2v) is 5.65. The lowest BCUT2D eigenvalue weighted by molar-refractivity contribution is 0.0696. The van der Waals surface area contributed by atoms with E-state index in [1.54, 1.807) is 31.4 Å². The lowest BCUT2D eigenvalue weighted by Gasteiger charge is -2.10. The summed E-state index contributed by atoms with van der Waals surface area (Å²) in [5.74, 6) is 0.692. The molecular weight excluding hydrogens is 392 g/mol. The summed E-state index contributed by atoms with van der Waals surface area (Å²) < 4.78 is 12.1. The Morgan fingerprint density at radius 3 is 2.45 bits per heavy atom. The van der Waals surface area contributed by atoms with E-state index in [0.717, 1.165) is 0 Å². The molecule has 0 unspecified atom stereocenters. The number of carboxylic acid groups (broad SMARTS) is 1. The maximum atomic E-state index is 11.0. The zero-order chi connectivity index (χ0) is 14.7. The summed E-state index contributed by atoms with van der Waals surface area (Å²) in [6.07, 6.45) is 0. The summed E-state index contributed by atoms with van der Waals surface area (Å²) in [7, 11) is 1.58. The number of aromatic carboxylic acids is 1. The molecule has 4 nitrogen and oxygen atoms in total. The number of halogens is 2. The third-order valence-corrected chi connectivity index (χ3v) is 3.56. The predicted octanol–water partition coefficient (Wildman–Crippen LogP) is 4.71. The van der Waals surface area contributed by atoms with Crippen molar-refractivity contribution in [3.63, 3.8) is 0 Å². The lowest BCUT2D eigenvalue weighted by atomic mass is 10.2. The van der Waals surface area contributed by atoms with Crippen LogP contribution in [0.5, 0.6) is 17.2 Å². The molecule has 104 valence electrons. The van der Waals surface area contributed by atoms with Gasteiger partial charge in [0.15, 0.2) is 0 Å². The fourth-order valence-corrected chi connectivity index (χ4v) is 2.47. The van der Waals surface area contributed by atoms with Crippen molar-refractivity contribution in [2.75, 3.05) is 7.11 Å². The second-order valence-electron chi connectivity index (χ2n) is 3.88. The van der Waals surface area contributed by atoms with E-state index in [2.05, 4.69) is 31.9 Å². The lowest BCUT2D eigenvalue weighted by Crippen LogP contribution is -1.97. The van der Waals surface area contributed by atoms with Crippen LogP contribution in [0.25, 0.3) is 0 Å². The molecule has 0 spiro atoms. The maximum absolute atomic E-state index is 11.0. The third kappa shape index (κ3) is 3.52. The van der Waals surface area contributed by atoms with Crippen molar-refractivity contribution >= 4 is 37.8 Å². The van der Waals surface area contributed by atoms with Crippen molar-refractivity contribution in [3.05, 3.63) is 50.9 Å². The van der Waals surface area contributed by atoms with E-state index < -0.39 is 5.97 Å². The molecular formula is C14H10Br2O4. The molecule has 0 saturated carbocycles. The Bertz CT molecular complexity index is 656.